The molecule has 0 amide bonds. The second kappa shape index (κ2) is 4.03. The van der Waals surface area contributed by atoms with Crippen molar-refractivity contribution >= 4 is 28.3 Å². The van der Waals surface area contributed by atoms with Crippen molar-refractivity contribution in [2.75, 3.05) is 14.1 Å². The maximum atomic E-state index is 5.38. The largest absolute Gasteiger partial charge is 0.221 e. The molecule has 0 aromatic carbocycles. The lowest BCUT2D eigenvalue weighted by Gasteiger charge is -2.17. The molecule has 0 rings (SSSR count). The molecule has 0 spiro atoms. The number of halogens is 1. The van der Waals surface area contributed by atoms with Crippen LogP contribution in [0.2, 0.25) is 0 Å². The molecule has 0 aliphatic rings. The number of nitrogens with zero attached hydrogens (tertiary/aromatic N) is 1. The van der Waals surface area contributed by atoms with Crippen molar-refractivity contribution in [1.29, 1.82) is 0 Å². The molecular formula is C3H8ClN3S. The quantitative estimate of drug-likeness (QED) is 0.254. The highest BCUT2D eigenvalue weighted by atomic mass is 35.5. The number of hydrazine groups is 2. The summed E-state index contributed by atoms with van der Waals surface area (Å²) in [5.41, 5.74) is 5.40. The molecule has 0 aromatic rings. The van der Waals surface area contributed by atoms with E-state index in [1.165, 1.54) is 5.12 Å². The minimum atomic E-state index is 0.245. The van der Waals surface area contributed by atoms with Gasteiger partial charge in [0.1, 0.15) is 0 Å². The van der Waals surface area contributed by atoms with Gasteiger partial charge in [0.2, 0.25) is 0 Å². The monoisotopic (exact) mass is 153 g/mol. The molecule has 2 N–H and O–H groups in total. The van der Waals surface area contributed by atoms with E-state index >= 15 is 0 Å². The van der Waals surface area contributed by atoms with Gasteiger partial charge < -0.3 is 0 Å². The van der Waals surface area contributed by atoms with Gasteiger partial charge in [0, 0.05) is 14.1 Å². The Bertz CT molecular complexity index is 82.6. The van der Waals surface area contributed by atoms with Crippen LogP contribution in [0.4, 0.5) is 0 Å². The molecule has 0 aromatic heterocycles. The van der Waals surface area contributed by atoms with Crippen LogP contribution in [-0.2, 0) is 0 Å². The third kappa shape index (κ3) is 2.42. The number of hydrogen-bond donors (Lipinski definition) is 2. The fraction of sp³-hybridized carbons (Fsp3) is 0.667. The first-order valence-electron chi connectivity index (χ1n) is 2.06. The van der Waals surface area contributed by atoms with Gasteiger partial charge in [-0.05, 0) is 23.8 Å². The zero-order chi connectivity index (χ0) is 6.57. The highest BCUT2D eigenvalue weighted by molar-refractivity contribution is 7.83. The van der Waals surface area contributed by atoms with Crippen molar-refractivity contribution < 1.29 is 0 Å². The number of thiocarbonyl (C=S) groups is 1. The van der Waals surface area contributed by atoms with Gasteiger partial charge in [0.15, 0.2) is 4.45 Å². The molecule has 48 valence electrons. The molecule has 0 saturated carbocycles. The van der Waals surface area contributed by atoms with Crippen molar-refractivity contribution in [3.63, 3.8) is 0 Å². The Balaban J connectivity index is 3.52. The van der Waals surface area contributed by atoms with Gasteiger partial charge >= 0.3 is 0 Å². The van der Waals surface area contributed by atoms with Crippen LogP contribution in [-0.4, -0.2) is 23.7 Å². The molecule has 0 saturated heterocycles. The van der Waals surface area contributed by atoms with E-state index in [1.807, 2.05) is 0 Å². The molecule has 0 heterocycles. The van der Waals surface area contributed by atoms with Gasteiger partial charge in [-0.2, -0.15) is 0 Å². The standard InChI is InChI=1S/C3H8ClN3S/c1-5-7(6-2)3(4)8/h5-6H,1-2H3. The van der Waals surface area contributed by atoms with E-state index < -0.39 is 0 Å². The summed E-state index contributed by atoms with van der Waals surface area (Å²) in [6.45, 7) is 0. The Hall–Kier alpha value is 0.1000. The molecule has 0 fully saturated rings. The van der Waals surface area contributed by atoms with Gasteiger partial charge in [-0.25, -0.2) is 16.0 Å². The van der Waals surface area contributed by atoms with Crippen molar-refractivity contribution in [2.45, 2.75) is 0 Å². The maximum Gasteiger partial charge on any atom is 0.199 e. The van der Waals surface area contributed by atoms with Crippen LogP contribution < -0.4 is 10.9 Å². The molecule has 8 heavy (non-hydrogen) atoms. The highest BCUT2D eigenvalue weighted by Crippen LogP contribution is 1.85. The van der Waals surface area contributed by atoms with Crippen LogP contribution in [0.15, 0.2) is 0 Å². The van der Waals surface area contributed by atoms with Crippen molar-refractivity contribution in [1.82, 2.24) is 16.0 Å². The van der Waals surface area contributed by atoms with Gasteiger partial charge in [-0.3, -0.25) is 0 Å². The highest BCUT2D eigenvalue weighted by Gasteiger charge is 1.97. The summed E-state index contributed by atoms with van der Waals surface area (Å²) >= 11 is 9.96. The smallest absolute Gasteiger partial charge is 0.199 e. The summed E-state index contributed by atoms with van der Waals surface area (Å²) in [6, 6.07) is 0. The molecule has 0 aliphatic heterocycles. The van der Waals surface area contributed by atoms with Crippen molar-refractivity contribution in [2.24, 2.45) is 0 Å². The predicted octanol–water partition coefficient (Wildman–Crippen LogP) is 0.0809. The predicted molar refractivity (Wildman–Crippen MR) is 38.4 cm³/mol. The van der Waals surface area contributed by atoms with Gasteiger partial charge in [0.05, 0.1) is 0 Å². The van der Waals surface area contributed by atoms with Crippen LogP contribution in [0, 0.1) is 0 Å². The molecule has 0 bridgehead atoms. The van der Waals surface area contributed by atoms with Crippen molar-refractivity contribution in [3.8, 4) is 0 Å². The van der Waals surface area contributed by atoms with Crippen LogP contribution >= 0.6 is 23.8 Å². The second-order valence-electron chi connectivity index (χ2n) is 1.04. The average molecular weight is 154 g/mol. The minimum absolute atomic E-state index is 0.245. The lowest BCUT2D eigenvalue weighted by atomic mass is 11.2. The zero-order valence-corrected chi connectivity index (χ0v) is 6.31. The van der Waals surface area contributed by atoms with Crippen LogP contribution in [0.5, 0.6) is 0 Å². The lowest BCUT2D eigenvalue weighted by Crippen LogP contribution is -2.45. The maximum absolute atomic E-state index is 5.38. The number of rotatable bonds is 2. The zero-order valence-electron chi connectivity index (χ0n) is 4.73. The first kappa shape index (κ1) is 8.10. The van der Waals surface area contributed by atoms with E-state index in [0.29, 0.717) is 0 Å². The van der Waals surface area contributed by atoms with E-state index in [2.05, 4.69) is 23.1 Å². The molecule has 0 atom stereocenters. The first-order chi connectivity index (χ1) is 3.72. The minimum Gasteiger partial charge on any atom is -0.221 e. The van der Waals surface area contributed by atoms with E-state index in [9.17, 15) is 0 Å². The van der Waals surface area contributed by atoms with Gasteiger partial charge in [0.25, 0.3) is 0 Å². The van der Waals surface area contributed by atoms with Crippen LogP contribution in [0.1, 0.15) is 0 Å². The Kier molecular flexibility index (Phi) is 4.08. The third-order valence-corrected chi connectivity index (χ3v) is 0.975. The van der Waals surface area contributed by atoms with Gasteiger partial charge in [-0.1, -0.05) is 0 Å². The van der Waals surface area contributed by atoms with E-state index in [1.54, 1.807) is 14.1 Å². The lowest BCUT2D eigenvalue weighted by molar-refractivity contribution is 0.277. The molecule has 5 heteroatoms. The SMILES string of the molecule is CNN(NC)C(=S)Cl. The number of hydrogen-bond acceptors (Lipinski definition) is 3. The Labute approximate surface area is 58.9 Å². The van der Waals surface area contributed by atoms with Gasteiger partial charge in [-0.15, -0.1) is 0 Å². The fourth-order valence-electron chi connectivity index (χ4n) is 0.288. The fourth-order valence-corrected chi connectivity index (χ4v) is 0.639. The number of nitrogens with one attached hydrogen (secondary N) is 2. The Morgan fingerprint density at radius 1 is 1.50 bits per heavy atom. The molecule has 0 unspecified atom stereocenters. The molecule has 0 radical (unpaired) electrons. The van der Waals surface area contributed by atoms with Crippen LogP contribution in [0.3, 0.4) is 0 Å². The van der Waals surface area contributed by atoms with Crippen molar-refractivity contribution in [3.05, 3.63) is 0 Å². The summed E-state index contributed by atoms with van der Waals surface area (Å²) in [6.07, 6.45) is 0. The second-order valence-corrected chi connectivity index (χ2v) is 2.00. The van der Waals surface area contributed by atoms with E-state index in [0.717, 1.165) is 0 Å². The Morgan fingerprint density at radius 3 is 1.88 bits per heavy atom. The molecule has 3 nitrogen and oxygen atoms in total. The molecular weight excluding hydrogens is 146 g/mol. The van der Waals surface area contributed by atoms with E-state index in [4.69, 9.17) is 11.6 Å². The van der Waals surface area contributed by atoms with Crippen LogP contribution in [0.25, 0.3) is 0 Å². The Morgan fingerprint density at radius 2 is 1.88 bits per heavy atom. The topological polar surface area (TPSA) is 27.3 Å². The molecule has 0 aliphatic carbocycles. The van der Waals surface area contributed by atoms with E-state index in [-0.39, 0.29) is 4.45 Å². The third-order valence-electron chi connectivity index (χ3n) is 0.623. The summed E-state index contributed by atoms with van der Waals surface area (Å²) in [4.78, 5) is 0. The normalized spacial score (nSPS) is 8.88. The summed E-state index contributed by atoms with van der Waals surface area (Å²) in [7, 11) is 3.43. The summed E-state index contributed by atoms with van der Waals surface area (Å²) in [5.74, 6) is 0. The summed E-state index contributed by atoms with van der Waals surface area (Å²) < 4.78 is 0.245. The average Bonchev–Trinajstić information content (AvgIpc) is 1.69. The summed E-state index contributed by atoms with van der Waals surface area (Å²) in [5, 5.41) is 1.41. The first-order valence-corrected chi connectivity index (χ1v) is 2.85.